The molecule has 0 amide bonds. The third kappa shape index (κ3) is 18.4. The fourth-order valence-electron chi connectivity index (χ4n) is 2.85. The third-order valence-corrected chi connectivity index (χ3v) is 6.41. The zero-order valence-corrected chi connectivity index (χ0v) is 19.7. The Morgan fingerprint density at radius 1 is 0.769 bits per heavy atom. The molecular weight excluding hydrogens is 336 g/mol. The van der Waals surface area contributed by atoms with E-state index in [9.17, 15) is 0 Å². The van der Waals surface area contributed by atoms with Gasteiger partial charge in [0.1, 0.15) is 0 Å². The summed E-state index contributed by atoms with van der Waals surface area (Å²) in [5.41, 5.74) is 2.80. The van der Waals surface area contributed by atoms with E-state index in [1.54, 1.807) is 0 Å². The quantitative estimate of drug-likeness (QED) is 0.144. The van der Waals surface area contributed by atoms with E-state index in [0.29, 0.717) is 6.61 Å². The lowest BCUT2D eigenvalue weighted by Crippen LogP contribution is -2.35. The Bertz CT molecular complexity index is 382. The lowest BCUT2D eigenvalue weighted by Gasteiger charge is -2.22. The fourth-order valence-corrected chi connectivity index (χ4v) is 4.05. The molecule has 3 heteroatoms. The van der Waals surface area contributed by atoms with Crippen molar-refractivity contribution in [2.45, 2.75) is 111 Å². The molecule has 2 nitrogen and oxygen atoms in total. The van der Waals surface area contributed by atoms with Crippen LogP contribution in [-0.2, 0) is 8.85 Å². The molecule has 0 rings (SSSR count). The normalized spacial score (nSPS) is 12.5. The minimum Gasteiger partial charge on any atom is -0.395 e. The molecule has 0 fully saturated rings. The number of unbranched alkanes of at least 4 members (excludes halogenated alkanes) is 8. The maximum Gasteiger partial charge on any atom is 0.331 e. The first-order chi connectivity index (χ1) is 12.4. The Morgan fingerprint density at radius 3 is 1.92 bits per heavy atom. The van der Waals surface area contributed by atoms with Gasteiger partial charge in [-0.25, -0.2) is 0 Å². The Hall–Kier alpha value is -0.383. The van der Waals surface area contributed by atoms with Gasteiger partial charge in [0.25, 0.3) is 0 Å². The highest BCUT2D eigenvalue weighted by molar-refractivity contribution is 6.64. The molecule has 0 aliphatic rings. The molecule has 0 radical (unpaired) electrons. The van der Waals surface area contributed by atoms with Crippen molar-refractivity contribution in [3.8, 4) is 0 Å². The highest BCUT2D eigenvalue weighted by Gasteiger charge is 2.23. The zero-order chi connectivity index (χ0) is 19.7. The molecule has 0 aliphatic carbocycles. The van der Waals surface area contributed by atoms with Gasteiger partial charge in [-0.1, -0.05) is 81.6 Å². The van der Waals surface area contributed by atoms with Crippen molar-refractivity contribution in [1.82, 2.24) is 0 Å². The number of rotatable bonds is 17. The predicted molar refractivity (Wildman–Crippen MR) is 119 cm³/mol. The van der Waals surface area contributed by atoms with E-state index in [1.165, 1.54) is 68.9 Å². The molecule has 0 N–H and O–H groups in total. The molecule has 0 spiro atoms. The summed E-state index contributed by atoms with van der Waals surface area (Å²) in [7, 11) is -1.97. The fraction of sp³-hybridized carbons (Fsp3) is 0.826. The molecule has 0 unspecified atom stereocenters. The van der Waals surface area contributed by atoms with Crippen molar-refractivity contribution in [1.29, 1.82) is 0 Å². The standard InChI is InChI=1S/C23H46O2Si/c1-7-8-9-10-11-12-13-14-15-20-24-26(5,6)25-21-19-23(4)18-16-17-22(2)3/h17,19H,7-16,18,20-21H2,1-6H3/b23-19+. The minimum atomic E-state index is -1.97. The van der Waals surface area contributed by atoms with Crippen LogP contribution < -0.4 is 0 Å². The molecule has 154 valence electrons. The smallest absolute Gasteiger partial charge is 0.331 e. The summed E-state index contributed by atoms with van der Waals surface area (Å²) >= 11 is 0. The molecule has 0 bridgehead atoms. The summed E-state index contributed by atoms with van der Waals surface area (Å²) in [4.78, 5) is 0. The van der Waals surface area contributed by atoms with Crippen molar-refractivity contribution in [2.24, 2.45) is 0 Å². The van der Waals surface area contributed by atoms with E-state index in [-0.39, 0.29) is 0 Å². The average Bonchev–Trinajstić information content (AvgIpc) is 2.56. The van der Waals surface area contributed by atoms with Gasteiger partial charge >= 0.3 is 8.56 Å². The van der Waals surface area contributed by atoms with Gasteiger partial charge in [0, 0.05) is 6.61 Å². The minimum absolute atomic E-state index is 0.692. The Labute approximate surface area is 165 Å². The highest BCUT2D eigenvalue weighted by Crippen LogP contribution is 2.13. The summed E-state index contributed by atoms with van der Waals surface area (Å²) in [6.07, 6.45) is 18.9. The molecule has 0 heterocycles. The molecule has 0 aromatic heterocycles. The second-order valence-electron chi connectivity index (χ2n) is 8.26. The van der Waals surface area contributed by atoms with Gasteiger partial charge in [-0.05, 0) is 53.1 Å². The van der Waals surface area contributed by atoms with Gasteiger partial charge < -0.3 is 8.85 Å². The van der Waals surface area contributed by atoms with Crippen LogP contribution in [-0.4, -0.2) is 21.8 Å². The van der Waals surface area contributed by atoms with Gasteiger partial charge in [0.2, 0.25) is 0 Å². The highest BCUT2D eigenvalue weighted by atomic mass is 28.4. The summed E-state index contributed by atoms with van der Waals surface area (Å²) < 4.78 is 12.1. The van der Waals surface area contributed by atoms with Crippen molar-refractivity contribution in [2.75, 3.05) is 13.2 Å². The summed E-state index contributed by atoms with van der Waals surface area (Å²) in [5, 5.41) is 0. The van der Waals surface area contributed by atoms with Crippen LogP contribution in [0, 0.1) is 0 Å². The van der Waals surface area contributed by atoms with Crippen LogP contribution in [0.3, 0.4) is 0 Å². The molecule has 0 aromatic rings. The predicted octanol–water partition coefficient (Wildman–Crippen LogP) is 7.94. The largest absolute Gasteiger partial charge is 0.395 e. The first-order valence-corrected chi connectivity index (χ1v) is 13.8. The Morgan fingerprint density at radius 2 is 1.35 bits per heavy atom. The monoisotopic (exact) mass is 382 g/mol. The van der Waals surface area contributed by atoms with Gasteiger partial charge in [-0.15, -0.1) is 0 Å². The lowest BCUT2D eigenvalue weighted by molar-refractivity contribution is 0.190. The second kappa shape index (κ2) is 16.8. The van der Waals surface area contributed by atoms with Crippen molar-refractivity contribution in [3.63, 3.8) is 0 Å². The summed E-state index contributed by atoms with van der Waals surface area (Å²) in [6, 6.07) is 0. The lowest BCUT2D eigenvalue weighted by atomic mass is 10.1. The number of hydrogen-bond donors (Lipinski definition) is 0. The van der Waals surface area contributed by atoms with Crippen molar-refractivity contribution in [3.05, 3.63) is 23.3 Å². The van der Waals surface area contributed by atoms with Gasteiger partial charge in [-0.2, -0.15) is 0 Å². The van der Waals surface area contributed by atoms with Crippen LogP contribution in [0.1, 0.15) is 98.3 Å². The molecule has 0 aromatic carbocycles. The zero-order valence-electron chi connectivity index (χ0n) is 18.7. The van der Waals surface area contributed by atoms with E-state index in [0.717, 1.165) is 19.4 Å². The van der Waals surface area contributed by atoms with Crippen LogP contribution in [0.25, 0.3) is 0 Å². The molecule has 0 atom stereocenters. The number of allylic oxidation sites excluding steroid dienone is 3. The van der Waals surface area contributed by atoms with Crippen LogP contribution in [0.15, 0.2) is 23.3 Å². The van der Waals surface area contributed by atoms with Crippen molar-refractivity contribution < 1.29 is 8.85 Å². The Kier molecular flexibility index (Phi) is 16.5. The third-order valence-electron chi connectivity index (χ3n) is 4.65. The molecule has 0 saturated heterocycles. The second-order valence-corrected chi connectivity index (χ2v) is 11.6. The first kappa shape index (κ1) is 25.6. The van der Waals surface area contributed by atoms with Gasteiger partial charge in [0.05, 0.1) is 6.61 Å². The molecule has 0 saturated carbocycles. The van der Waals surface area contributed by atoms with Crippen LogP contribution in [0.5, 0.6) is 0 Å². The molecule has 26 heavy (non-hydrogen) atoms. The van der Waals surface area contributed by atoms with Crippen LogP contribution in [0.2, 0.25) is 13.1 Å². The van der Waals surface area contributed by atoms with E-state index in [4.69, 9.17) is 8.85 Å². The Balaban J connectivity index is 3.64. The first-order valence-electron chi connectivity index (χ1n) is 10.9. The van der Waals surface area contributed by atoms with E-state index in [1.807, 2.05) is 0 Å². The van der Waals surface area contributed by atoms with Gasteiger partial charge in [-0.3, -0.25) is 0 Å². The van der Waals surface area contributed by atoms with Gasteiger partial charge in [0.15, 0.2) is 0 Å². The SMILES string of the molecule is CCCCCCCCCCCO[Si](C)(C)OC/C=C(\C)CCC=C(C)C. The summed E-state index contributed by atoms with van der Waals surface area (Å²) in [6.45, 7) is 14.6. The van der Waals surface area contributed by atoms with Crippen molar-refractivity contribution >= 4 is 8.56 Å². The maximum absolute atomic E-state index is 6.06. The molecular formula is C23H46O2Si. The maximum atomic E-state index is 6.06. The molecule has 0 aliphatic heterocycles. The van der Waals surface area contributed by atoms with E-state index >= 15 is 0 Å². The average molecular weight is 383 g/mol. The summed E-state index contributed by atoms with van der Waals surface area (Å²) in [5.74, 6) is 0. The van der Waals surface area contributed by atoms with E-state index < -0.39 is 8.56 Å². The van der Waals surface area contributed by atoms with Crippen LogP contribution >= 0.6 is 0 Å². The van der Waals surface area contributed by atoms with Crippen LogP contribution in [0.4, 0.5) is 0 Å². The topological polar surface area (TPSA) is 18.5 Å². The number of hydrogen-bond acceptors (Lipinski definition) is 2. The van der Waals surface area contributed by atoms with E-state index in [2.05, 4.69) is 52.9 Å².